The molecule has 0 rings (SSSR count). The summed E-state index contributed by atoms with van der Waals surface area (Å²) in [4.78, 5) is 0. The standard InChI is InChI=1S/C8H16ClO/c1-3-5-7-10-8(9)6-4-2/h8H,2-7H2,1H3. The molecule has 0 aliphatic rings. The van der Waals surface area contributed by atoms with Crippen LogP contribution in [-0.4, -0.2) is 12.2 Å². The van der Waals surface area contributed by atoms with E-state index in [4.69, 9.17) is 16.3 Å². The summed E-state index contributed by atoms with van der Waals surface area (Å²) in [5, 5.41) is 0. The van der Waals surface area contributed by atoms with Crippen molar-refractivity contribution in [2.45, 2.75) is 38.2 Å². The average Bonchev–Trinajstić information content (AvgIpc) is 1.89. The Balaban J connectivity index is 2.97. The summed E-state index contributed by atoms with van der Waals surface area (Å²) in [5.74, 6) is 0. The Hall–Kier alpha value is 0.250. The lowest BCUT2D eigenvalue weighted by Crippen LogP contribution is -2.05. The van der Waals surface area contributed by atoms with E-state index in [1.807, 2.05) is 0 Å². The summed E-state index contributed by atoms with van der Waals surface area (Å²) in [6, 6.07) is 0. The number of ether oxygens (including phenoxy) is 1. The summed E-state index contributed by atoms with van der Waals surface area (Å²) in [7, 11) is 0. The van der Waals surface area contributed by atoms with Crippen LogP contribution in [0.4, 0.5) is 0 Å². The smallest absolute Gasteiger partial charge is 0.131 e. The SMILES string of the molecule is [CH2]CCC(Cl)OCCCC. The molecule has 0 N–H and O–H groups in total. The van der Waals surface area contributed by atoms with Gasteiger partial charge in [-0.05, 0) is 19.3 Å². The molecule has 0 spiro atoms. The number of halogens is 1. The van der Waals surface area contributed by atoms with Crippen LogP contribution in [0.15, 0.2) is 0 Å². The van der Waals surface area contributed by atoms with E-state index in [0.717, 1.165) is 32.3 Å². The summed E-state index contributed by atoms with van der Waals surface area (Å²) in [6.45, 7) is 6.60. The van der Waals surface area contributed by atoms with Gasteiger partial charge in [0.05, 0.1) is 0 Å². The Morgan fingerprint density at radius 2 is 2.30 bits per heavy atom. The molecule has 0 saturated heterocycles. The lowest BCUT2D eigenvalue weighted by Gasteiger charge is -2.08. The Kier molecular flexibility index (Phi) is 7.54. The summed E-state index contributed by atoms with van der Waals surface area (Å²) in [5.41, 5.74) is -0.121. The molecule has 1 unspecified atom stereocenters. The maximum atomic E-state index is 5.75. The van der Waals surface area contributed by atoms with Crippen LogP contribution in [0.3, 0.4) is 0 Å². The van der Waals surface area contributed by atoms with E-state index in [-0.39, 0.29) is 5.56 Å². The van der Waals surface area contributed by atoms with E-state index in [9.17, 15) is 0 Å². The van der Waals surface area contributed by atoms with Crippen molar-refractivity contribution in [3.05, 3.63) is 6.92 Å². The van der Waals surface area contributed by atoms with Crippen LogP contribution in [0.25, 0.3) is 0 Å². The van der Waals surface area contributed by atoms with Gasteiger partial charge in [0.25, 0.3) is 0 Å². The Labute approximate surface area is 68.7 Å². The number of alkyl halides is 1. The Bertz CT molecular complexity index is 66.3. The fourth-order valence-corrected chi connectivity index (χ4v) is 0.843. The first-order valence-electron chi connectivity index (χ1n) is 3.86. The van der Waals surface area contributed by atoms with Gasteiger partial charge in [-0.15, -0.1) is 0 Å². The minimum absolute atomic E-state index is 0.121. The lowest BCUT2D eigenvalue weighted by molar-refractivity contribution is 0.0999. The first kappa shape index (κ1) is 10.2. The molecule has 1 radical (unpaired) electrons. The van der Waals surface area contributed by atoms with Crippen molar-refractivity contribution in [3.8, 4) is 0 Å². The normalized spacial score (nSPS) is 13.5. The van der Waals surface area contributed by atoms with E-state index in [1.165, 1.54) is 0 Å². The van der Waals surface area contributed by atoms with Gasteiger partial charge in [-0.3, -0.25) is 0 Å². The number of hydrogen-bond acceptors (Lipinski definition) is 1. The fourth-order valence-electron chi connectivity index (χ4n) is 0.599. The van der Waals surface area contributed by atoms with Crippen LogP contribution in [0.5, 0.6) is 0 Å². The third-order valence-corrected chi connectivity index (χ3v) is 1.57. The lowest BCUT2D eigenvalue weighted by atomic mass is 10.3. The van der Waals surface area contributed by atoms with Gasteiger partial charge in [0.2, 0.25) is 0 Å². The molecule has 0 aliphatic carbocycles. The molecule has 0 heterocycles. The van der Waals surface area contributed by atoms with Crippen LogP contribution in [0.2, 0.25) is 0 Å². The van der Waals surface area contributed by atoms with Crippen LogP contribution < -0.4 is 0 Å². The first-order valence-corrected chi connectivity index (χ1v) is 4.29. The van der Waals surface area contributed by atoms with Crippen molar-refractivity contribution in [1.29, 1.82) is 0 Å². The Morgan fingerprint density at radius 3 is 2.80 bits per heavy atom. The third-order valence-electron chi connectivity index (χ3n) is 1.23. The molecule has 0 bridgehead atoms. The molecule has 0 aliphatic heterocycles. The van der Waals surface area contributed by atoms with E-state index in [2.05, 4.69) is 13.8 Å². The van der Waals surface area contributed by atoms with Gasteiger partial charge in [0.15, 0.2) is 0 Å². The molecule has 1 nitrogen and oxygen atoms in total. The molecule has 61 valence electrons. The maximum absolute atomic E-state index is 5.75. The summed E-state index contributed by atoms with van der Waals surface area (Å²) < 4.78 is 5.25. The first-order chi connectivity index (χ1) is 4.81. The van der Waals surface area contributed by atoms with Gasteiger partial charge < -0.3 is 4.74 Å². The van der Waals surface area contributed by atoms with Crippen molar-refractivity contribution in [1.82, 2.24) is 0 Å². The zero-order valence-electron chi connectivity index (χ0n) is 6.61. The van der Waals surface area contributed by atoms with Gasteiger partial charge in [-0.25, -0.2) is 0 Å². The molecule has 0 amide bonds. The molecule has 10 heavy (non-hydrogen) atoms. The van der Waals surface area contributed by atoms with Gasteiger partial charge in [-0.1, -0.05) is 31.9 Å². The predicted octanol–water partition coefficient (Wildman–Crippen LogP) is 2.98. The summed E-state index contributed by atoms with van der Waals surface area (Å²) >= 11 is 5.75. The maximum Gasteiger partial charge on any atom is 0.131 e. The molecule has 0 aromatic carbocycles. The van der Waals surface area contributed by atoms with E-state index < -0.39 is 0 Å². The molecular weight excluding hydrogens is 148 g/mol. The Morgan fingerprint density at radius 1 is 1.60 bits per heavy atom. The van der Waals surface area contributed by atoms with Gasteiger partial charge in [-0.2, -0.15) is 0 Å². The van der Waals surface area contributed by atoms with Crippen molar-refractivity contribution < 1.29 is 4.74 Å². The highest BCUT2D eigenvalue weighted by Crippen LogP contribution is 2.06. The molecule has 0 fully saturated rings. The molecule has 0 saturated carbocycles. The fraction of sp³-hybridized carbons (Fsp3) is 0.875. The monoisotopic (exact) mass is 163 g/mol. The predicted molar refractivity (Wildman–Crippen MR) is 45.1 cm³/mol. The zero-order chi connectivity index (χ0) is 7.82. The average molecular weight is 164 g/mol. The molecule has 2 heteroatoms. The minimum Gasteiger partial charge on any atom is -0.362 e. The molecular formula is C8H16ClO. The highest BCUT2D eigenvalue weighted by molar-refractivity contribution is 6.19. The minimum atomic E-state index is -0.121. The van der Waals surface area contributed by atoms with Crippen molar-refractivity contribution in [3.63, 3.8) is 0 Å². The van der Waals surface area contributed by atoms with Crippen molar-refractivity contribution in [2.75, 3.05) is 6.61 Å². The van der Waals surface area contributed by atoms with E-state index >= 15 is 0 Å². The van der Waals surface area contributed by atoms with Crippen LogP contribution in [-0.2, 0) is 4.74 Å². The highest BCUT2D eigenvalue weighted by atomic mass is 35.5. The summed E-state index contributed by atoms with van der Waals surface area (Å²) in [6.07, 6.45) is 3.96. The van der Waals surface area contributed by atoms with E-state index in [0.29, 0.717) is 0 Å². The van der Waals surface area contributed by atoms with Crippen LogP contribution in [0, 0.1) is 6.92 Å². The molecule has 1 atom stereocenters. The second-order valence-electron chi connectivity index (χ2n) is 2.28. The van der Waals surface area contributed by atoms with E-state index in [1.54, 1.807) is 0 Å². The number of rotatable bonds is 6. The van der Waals surface area contributed by atoms with Crippen molar-refractivity contribution >= 4 is 11.6 Å². The zero-order valence-corrected chi connectivity index (χ0v) is 7.36. The van der Waals surface area contributed by atoms with Gasteiger partial charge in [0.1, 0.15) is 5.56 Å². The second kappa shape index (κ2) is 7.36. The highest BCUT2D eigenvalue weighted by Gasteiger charge is 2.00. The number of unbranched alkanes of at least 4 members (excludes halogenated alkanes) is 1. The largest absolute Gasteiger partial charge is 0.362 e. The van der Waals surface area contributed by atoms with Crippen molar-refractivity contribution in [2.24, 2.45) is 0 Å². The third kappa shape index (κ3) is 6.37. The molecule has 0 aromatic rings. The van der Waals surface area contributed by atoms with Crippen LogP contribution >= 0.6 is 11.6 Å². The van der Waals surface area contributed by atoms with Gasteiger partial charge in [0, 0.05) is 6.61 Å². The van der Waals surface area contributed by atoms with Crippen LogP contribution in [0.1, 0.15) is 32.6 Å². The second-order valence-corrected chi connectivity index (χ2v) is 2.76. The topological polar surface area (TPSA) is 9.23 Å². The van der Waals surface area contributed by atoms with Gasteiger partial charge >= 0.3 is 0 Å². The number of hydrogen-bond donors (Lipinski definition) is 0. The quantitative estimate of drug-likeness (QED) is 0.432. The molecule has 0 aromatic heterocycles.